The number of amides is 2. The molecule has 0 radical (unpaired) electrons. The summed E-state index contributed by atoms with van der Waals surface area (Å²) < 4.78 is 12.5. The number of anilines is 1. The van der Waals surface area contributed by atoms with E-state index >= 15 is 0 Å². The molecule has 0 fully saturated rings. The SMILES string of the molecule is CCc1c(C)nn(C(=O)N(C)c2cccc3c(O)c(C(=O)NCCCOc4ccc(C)cc4C)ccc23)c1C.Cc1ccc(OC(=O)c2ccc3n[nH]nc3c2)cc1. The Morgan fingerprint density at radius 1 is 0.845 bits per heavy atom. The van der Waals surface area contributed by atoms with E-state index in [1.807, 2.05) is 71.9 Å². The van der Waals surface area contributed by atoms with Crippen LogP contribution in [0.4, 0.5) is 10.5 Å². The van der Waals surface area contributed by atoms with Crippen molar-refractivity contribution in [2.24, 2.45) is 0 Å². The van der Waals surface area contributed by atoms with Gasteiger partial charge in [-0.1, -0.05) is 60.5 Å². The minimum Gasteiger partial charge on any atom is -0.506 e. The number of phenolic OH excluding ortho intramolecular Hbond substituents is 1. The van der Waals surface area contributed by atoms with Crippen molar-refractivity contribution in [1.82, 2.24) is 30.5 Å². The summed E-state index contributed by atoms with van der Waals surface area (Å²) in [7, 11) is 1.68. The molecule has 58 heavy (non-hydrogen) atoms. The minimum absolute atomic E-state index is 0.126. The van der Waals surface area contributed by atoms with Gasteiger partial charge in [-0.2, -0.15) is 25.2 Å². The summed E-state index contributed by atoms with van der Waals surface area (Å²) in [5, 5.41) is 29.8. The van der Waals surface area contributed by atoms with Crippen molar-refractivity contribution < 1.29 is 29.0 Å². The summed E-state index contributed by atoms with van der Waals surface area (Å²) >= 11 is 0. The molecule has 13 heteroatoms. The largest absolute Gasteiger partial charge is 0.506 e. The smallest absolute Gasteiger partial charge is 0.349 e. The third kappa shape index (κ3) is 8.99. The van der Waals surface area contributed by atoms with Crippen LogP contribution < -0.4 is 19.7 Å². The van der Waals surface area contributed by atoms with Crippen molar-refractivity contribution in [1.29, 1.82) is 0 Å². The van der Waals surface area contributed by atoms with Gasteiger partial charge in [-0.05, 0) is 107 Å². The average Bonchev–Trinajstić information content (AvgIpc) is 3.81. The average molecular weight is 782 g/mol. The van der Waals surface area contributed by atoms with Crippen molar-refractivity contribution >= 4 is 45.4 Å². The van der Waals surface area contributed by atoms with Gasteiger partial charge in [0.05, 0.1) is 29.1 Å². The Kier molecular flexibility index (Phi) is 12.5. The minimum atomic E-state index is -0.409. The zero-order chi connectivity index (χ0) is 41.5. The second-order valence-electron chi connectivity index (χ2n) is 14.0. The van der Waals surface area contributed by atoms with Gasteiger partial charge in [-0.3, -0.25) is 9.69 Å². The molecule has 0 bridgehead atoms. The molecule has 3 N–H and O–H groups in total. The summed E-state index contributed by atoms with van der Waals surface area (Å²) in [6.07, 6.45) is 1.41. The number of hydrogen-bond acceptors (Lipinski definition) is 9. The summed E-state index contributed by atoms with van der Waals surface area (Å²) in [5.74, 6) is 0.454. The number of aromatic hydroxyl groups is 1. The number of aromatic amines is 1. The van der Waals surface area contributed by atoms with Crippen LogP contribution in [0.1, 0.15) is 67.7 Å². The lowest BCUT2D eigenvalue weighted by Gasteiger charge is -2.20. The maximum absolute atomic E-state index is 13.3. The Hall–Kier alpha value is -7.02. The van der Waals surface area contributed by atoms with Gasteiger partial charge in [0, 0.05) is 30.1 Å². The quantitative estimate of drug-likeness (QED) is 0.0703. The van der Waals surface area contributed by atoms with Crippen molar-refractivity contribution in [3.8, 4) is 17.2 Å². The zero-order valence-corrected chi connectivity index (χ0v) is 33.7. The summed E-state index contributed by atoms with van der Waals surface area (Å²) in [4.78, 5) is 39.7. The maximum atomic E-state index is 13.3. The molecule has 0 aliphatic rings. The number of aryl methyl sites for hydroxylation is 4. The number of fused-ring (bicyclic) bond motifs is 2. The molecule has 2 amide bonds. The molecule has 13 nitrogen and oxygen atoms in total. The van der Waals surface area contributed by atoms with Gasteiger partial charge in [0.15, 0.2) is 0 Å². The number of H-pyrrole nitrogens is 1. The van der Waals surface area contributed by atoms with Crippen LogP contribution in [0, 0.1) is 34.6 Å². The molecule has 2 aromatic heterocycles. The molecule has 7 rings (SSSR count). The van der Waals surface area contributed by atoms with Gasteiger partial charge in [0.25, 0.3) is 5.91 Å². The summed E-state index contributed by atoms with van der Waals surface area (Å²) in [5.41, 5.74) is 8.65. The molecule has 0 spiro atoms. The van der Waals surface area contributed by atoms with E-state index in [1.165, 1.54) is 15.1 Å². The number of nitrogens with one attached hydrogen (secondary N) is 2. The Balaban J connectivity index is 0.000000247. The van der Waals surface area contributed by atoms with Gasteiger partial charge in [0.1, 0.15) is 28.3 Å². The van der Waals surface area contributed by atoms with Crippen LogP contribution in [0.2, 0.25) is 0 Å². The van der Waals surface area contributed by atoms with Crippen LogP contribution in [0.15, 0.2) is 91.0 Å². The lowest BCUT2D eigenvalue weighted by Crippen LogP contribution is -2.32. The number of rotatable bonds is 10. The maximum Gasteiger partial charge on any atom is 0.349 e. The monoisotopic (exact) mass is 781 g/mol. The number of aromatic nitrogens is 5. The molecule has 0 atom stereocenters. The van der Waals surface area contributed by atoms with E-state index < -0.39 is 5.97 Å². The van der Waals surface area contributed by atoms with E-state index in [-0.39, 0.29) is 23.3 Å². The van der Waals surface area contributed by atoms with Gasteiger partial charge >= 0.3 is 12.0 Å². The van der Waals surface area contributed by atoms with Gasteiger partial charge in [0.2, 0.25) is 0 Å². The number of nitrogens with zero attached hydrogens (tertiary/aromatic N) is 5. The summed E-state index contributed by atoms with van der Waals surface area (Å²) in [6.45, 7) is 12.7. The molecule has 0 aliphatic carbocycles. The van der Waals surface area contributed by atoms with Gasteiger partial charge < -0.3 is 19.9 Å². The zero-order valence-electron chi connectivity index (χ0n) is 33.7. The van der Waals surface area contributed by atoms with Crippen LogP contribution in [-0.4, -0.2) is 68.4 Å². The number of ether oxygens (including phenoxy) is 2. The topological polar surface area (TPSA) is 165 Å². The fourth-order valence-electron chi connectivity index (χ4n) is 6.67. The fraction of sp³-hybridized carbons (Fsp3) is 0.244. The van der Waals surface area contributed by atoms with E-state index in [4.69, 9.17) is 9.47 Å². The van der Waals surface area contributed by atoms with Crippen LogP contribution >= 0.6 is 0 Å². The van der Waals surface area contributed by atoms with E-state index in [2.05, 4.69) is 31.9 Å². The second-order valence-corrected chi connectivity index (χ2v) is 14.0. The first-order chi connectivity index (χ1) is 27.9. The Labute approximate surface area is 336 Å². The lowest BCUT2D eigenvalue weighted by molar-refractivity contribution is 0.0734. The number of phenols is 1. The third-order valence-electron chi connectivity index (χ3n) is 9.86. The van der Waals surface area contributed by atoms with E-state index in [0.29, 0.717) is 58.4 Å². The summed E-state index contributed by atoms with van der Waals surface area (Å²) in [6, 6.07) is 26.7. The Bertz CT molecular complexity index is 2610. The Morgan fingerprint density at radius 3 is 2.31 bits per heavy atom. The molecule has 2 heterocycles. The molecule has 5 aromatic carbocycles. The third-order valence-corrected chi connectivity index (χ3v) is 9.86. The number of carbonyl (C=O) groups excluding carboxylic acids is 3. The molecular formula is C45H47N7O6. The first kappa shape index (κ1) is 40.6. The van der Waals surface area contributed by atoms with E-state index in [1.54, 1.807) is 61.6 Å². The molecule has 298 valence electrons. The molecule has 0 unspecified atom stereocenters. The van der Waals surface area contributed by atoms with Crippen LogP contribution in [0.5, 0.6) is 17.2 Å². The second kappa shape index (κ2) is 17.8. The molecule has 0 saturated heterocycles. The number of carbonyl (C=O) groups is 3. The molecular weight excluding hydrogens is 735 g/mol. The Morgan fingerprint density at radius 2 is 1.59 bits per heavy atom. The predicted molar refractivity (Wildman–Crippen MR) is 224 cm³/mol. The molecule has 0 aliphatic heterocycles. The predicted octanol–water partition coefficient (Wildman–Crippen LogP) is 8.33. The van der Waals surface area contributed by atoms with Gasteiger partial charge in [-0.25, -0.2) is 9.59 Å². The number of esters is 1. The standard InChI is InChI=1S/C31H36N4O4.C14H11N3O2/c1-7-23-21(4)33-35(22(23)5)31(38)34(6)27-11-8-10-25-24(27)13-14-26(29(25)36)30(37)32-16-9-17-39-28-15-12-19(2)18-20(28)3;1-9-2-5-11(6-3-9)19-14(18)10-4-7-12-13(8-10)16-17-15-12/h8,10-15,18,36H,7,9,16-17H2,1-6H3,(H,32,37);2-8H,1H3,(H,15,16,17). The first-order valence-electron chi connectivity index (χ1n) is 19.0. The van der Waals surface area contributed by atoms with Crippen molar-refractivity contribution in [2.75, 3.05) is 25.1 Å². The number of hydrogen-bond donors (Lipinski definition) is 3. The van der Waals surface area contributed by atoms with Crippen LogP contribution in [0.3, 0.4) is 0 Å². The fourth-order valence-corrected chi connectivity index (χ4v) is 6.67. The van der Waals surface area contributed by atoms with Crippen LogP contribution in [-0.2, 0) is 6.42 Å². The lowest BCUT2D eigenvalue weighted by atomic mass is 10.0. The first-order valence-corrected chi connectivity index (χ1v) is 19.0. The van der Waals surface area contributed by atoms with Crippen molar-refractivity contribution in [2.45, 2.75) is 54.4 Å². The highest BCUT2D eigenvalue weighted by Crippen LogP contribution is 2.35. The van der Waals surface area contributed by atoms with Crippen molar-refractivity contribution in [3.63, 3.8) is 0 Å². The highest BCUT2D eigenvalue weighted by atomic mass is 16.5. The number of benzene rings is 5. The molecule has 0 saturated carbocycles. The normalized spacial score (nSPS) is 10.9. The molecule has 7 aromatic rings. The van der Waals surface area contributed by atoms with Crippen LogP contribution in [0.25, 0.3) is 21.8 Å². The van der Waals surface area contributed by atoms with E-state index in [9.17, 15) is 19.5 Å². The highest BCUT2D eigenvalue weighted by Gasteiger charge is 2.23. The van der Waals surface area contributed by atoms with Crippen molar-refractivity contribution in [3.05, 3.63) is 136 Å². The van der Waals surface area contributed by atoms with E-state index in [0.717, 1.165) is 40.2 Å². The highest BCUT2D eigenvalue weighted by molar-refractivity contribution is 6.09. The van der Waals surface area contributed by atoms with Gasteiger partial charge in [-0.15, -0.1) is 0 Å².